The second kappa shape index (κ2) is 8.81. The van der Waals surface area contributed by atoms with Gasteiger partial charge < -0.3 is 5.32 Å². The Labute approximate surface area is 170 Å². The van der Waals surface area contributed by atoms with Crippen LogP contribution in [0.2, 0.25) is 0 Å². The van der Waals surface area contributed by atoms with E-state index in [0.717, 1.165) is 22.1 Å². The molecule has 0 unspecified atom stereocenters. The maximum absolute atomic E-state index is 12.1. The number of carbonyl (C=O) groups is 1. The van der Waals surface area contributed by atoms with Gasteiger partial charge in [-0.15, -0.1) is 16.4 Å². The topological polar surface area (TPSA) is 72.7 Å². The van der Waals surface area contributed by atoms with E-state index >= 15 is 0 Å². The average Bonchev–Trinajstić information content (AvgIpc) is 3.37. The lowest BCUT2D eigenvalue weighted by Crippen LogP contribution is -2.14. The third kappa shape index (κ3) is 4.85. The minimum Gasteiger partial charge on any atom is -0.326 e. The van der Waals surface area contributed by atoms with Gasteiger partial charge in [0.15, 0.2) is 0 Å². The van der Waals surface area contributed by atoms with Crippen molar-refractivity contribution >= 4 is 34.7 Å². The van der Waals surface area contributed by atoms with E-state index in [-0.39, 0.29) is 12.3 Å². The molecule has 1 N–H and O–H groups in total. The van der Waals surface area contributed by atoms with Crippen LogP contribution in [0.1, 0.15) is 10.7 Å². The summed E-state index contributed by atoms with van der Waals surface area (Å²) in [5.74, 6) is 0.596. The third-order valence-corrected chi connectivity index (χ3v) is 5.59. The van der Waals surface area contributed by atoms with Crippen molar-refractivity contribution in [3.8, 4) is 5.69 Å². The van der Waals surface area contributed by atoms with Crippen molar-refractivity contribution in [2.75, 3.05) is 5.32 Å². The van der Waals surface area contributed by atoms with Crippen LogP contribution in [-0.4, -0.2) is 25.7 Å². The average molecular weight is 408 g/mol. The van der Waals surface area contributed by atoms with Crippen LogP contribution in [0, 0.1) is 0 Å². The summed E-state index contributed by atoms with van der Waals surface area (Å²) in [5.41, 5.74) is 2.69. The van der Waals surface area contributed by atoms with Crippen molar-refractivity contribution in [3.05, 3.63) is 83.1 Å². The Morgan fingerprint density at radius 1 is 1.07 bits per heavy atom. The number of thioether (sulfide) groups is 1. The normalized spacial score (nSPS) is 10.7. The first-order chi connectivity index (χ1) is 13.8. The largest absolute Gasteiger partial charge is 0.326 e. The number of nitrogens with one attached hydrogen (secondary N) is 1. The molecule has 140 valence electrons. The molecule has 1 amide bonds. The van der Waals surface area contributed by atoms with Crippen LogP contribution < -0.4 is 5.32 Å². The van der Waals surface area contributed by atoms with Crippen LogP contribution in [0.3, 0.4) is 0 Å². The van der Waals surface area contributed by atoms with Gasteiger partial charge in [-0.1, -0.05) is 48.2 Å². The molecular weight excluding hydrogens is 390 g/mol. The van der Waals surface area contributed by atoms with E-state index in [4.69, 9.17) is 0 Å². The van der Waals surface area contributed by atoms with Crippen LogP contribution in [0.15, 0.2) is 77.5 Å². The molecule has 2 aromatic carbocycles. The molecule has 0 aliphatic rings. The fourth-order valence-corrected chi connectivity index (χ4v) is 4.11. The summed E-state index contributed by atoms with van der Waals surface area (Å²) in [6.45, 7) is 0. The zero-order valence-corrected chi connectivity index (χ0v) is 16.5. The highest BCUT2D eigenvalue weighted by atomic mass is 32.2. The third-order valence-electron chi connectivity index (χ3n) is 3.81. The number of amides is 1. The summed E-state index contributed by atoms with van der Waals surface area (Å²) in [5, 5.41) is 10.8. The predicted octanol–water partition coefficient (Wildman–Crippen LogP) is 4.20. The number of para-hydroxylation sites is 2. The van der Waals surface area contributed by atoms with E-state index in [1.54, 1.807) is 11.0 Å². The van der Waals surface area contributed by atoms with Crippen LogP contribution in [0.4, 0.5) is 5.69 Å². The van der Waals surface area contributed by atoms with Gasteiger partial charge >= 0.3 is 0 Å². The Hall–Kier alpha value is -2.97. The zero-order chi connectivity index (χ0) is 19.2. The number of hydrogen-bond donors (Lipinski definition) is 1. The second-order valence-corrected chi connectivity index (χ2v) is 7.80. The van der Waals surface area contributed by atoms with Gasteiger partial charge in [-0.05, 0) is 24.3 Å². The molecule has 0 aliphatic heterocycles. The molecule has 0 fully saturated rings. The summed E-state index contributed by atoms with van der Waals surface area (Å²) in [6.07, 6.45) is 1.98. The summed E-state index contributed by atoms with van der Waals surface area (Å²) in [4.78, 5) is 21.0. The molecule has 0 saturated heterocycles. The van der Waals surface area contributed by atoms with Gasteiger partial charge in [-0.25, -0.2) is 14.6 Å². The number of rotatable bonds is 7. The molecule has 4 rings (SSSR count). The van der Waals surface area contributed by atoms with Crippen molar-refractivity contribution < 1.29 is 4.79 Å². The van der Waals surface area contributed by atoms with Gasteiger partial charge in [0.2, 0.25) is 11.1 Å². The number of thiazole rings is 1. The SMILES string of the molecule is O=C(Cc1nc(CSc2ncn(-c3ccccc3)n2)cs1)Nc1ccccc1. The lowest BCUT2D eigenvalue weighted by atomic mass is 10.3. The van der Waals surface area contributed by atoms with E-state index in [0.29, 0.717) is 10.9 Å². The number of hydrogen-bond acceptors (Lipinski definition) is 6. The Morgan fingerprint density at radius 3 is 2.61 bits per heavy atom. The highest BCUT2D eigenvalue weighted by Gasteiger charge is 2.10. The fourth-order valence-electron chi connectivity index (χ4n) is 2.52. The number of nitrogens with zero attached hydrogens (tertiary/aromatic N) is 4. The highest BCUT2D eigenvalue weighted by Crippen LogP contribution is 2.21. The standard InChI is InChI=1S/C20H17N5OS2/c26-18(22-15-7-3-1-4-8-15)11-19-23-16(12-27-19)13-28-20-21-14-25(24-20)17-9-5-2-6-10-17/h1-10,12,14H,11,13H2,(H,22,26). The number of carbonyl (C=O) groups excluding carboxylic acids is 1. The maximum Gasteiger partial charge on any atom is 0.231 e. The van der Waals surface area contributed by atoms with Gasteiger partial charge in [-0.2, -0.15) is 0 Å². The molecule has 6 nitrogen and oxygen atoms in total. The summed E-state index contributed by atoms with van der Waals surface area (Å²) in [7, 11) is 0. The Morgan fingerprint density at radius 2 is 1.82 bits per heavy atom. The number of anilines is 1. The molecular formula is C20H17N5OS2. The summed E-state index contributed by atoms with van der Waals surface area (Å²) in [6, 6.07) is 19.3. The minimum atomic E-state index is -0.0666. The molecule has 0 spiro atoms. The van der Waals surface area contributed by atoms with Gasteiger partial charge in [0.25, 0.3) is 0 Å². The molecule has 2 heterocycles. The first-order valence-corrected chi connectivity index (χ1v) is 10.5. The number of aromatic nitrogens is 4. The van der Waals surface area contributed by atoms with Crippen LogP contribution in [-0.2, 0) is 17.0 Å². The van der Waals surface area contributed by atoms with Crippen molar-refractivity contribution in [1.82, 2.24) is 19.7 Å². The van der Waals surface area contributed by atoms with Crippen LogP contribution in [0.25, 0.3) is 5.69 Å². The quantitative estimate of drug-likeness (QED) is 0.465. The van der Waals surface area contributed by atoms with E-state index < -0.39 is 0 Å². The molecule has 2 aromatic heterocycles. The molecule has 8 heteroatoms. The van der Waals surface area contributed by atoms with Crippen LogP contribution >= 0.6 is 23.1 Å². The molecule has 0 radical (unpaired) electrons. The molecule has 4 aromatic rings. The lowest BCUT2D eigenvalue weighted by molar-refractivity contribution is -0.115. The number of benzene rings is 2. The minimum absolute atomic E-state index is 0.0666. The van der Waals surface area contributed by atoms with Crippen molar-refractivity contribution in [2.24, 2.45) is 0 Å². The molecule has 0 aliphatic carbocycles. The smallest absolute Gasteiger partial charge is 0.231 e. The van der Waals surface area contributed by atoms with Crippen molar-refractivity contribution in [3.63, 3.8) is 0 Å². The highest BCUT2D eigenvalue weighted by molar-refractivity contribution is 7.98. The lowest BCUT2D eigenvalue weighted by Gasteiger charge is -2.02. The van der Waals surface area contributed by atoms with Gasteiger partial charge in [0.05, 0.1) is 17.8 Å². The Bertz CT molecular complexity index is 1050. The summed E-state index contributed by atoms with van der Waals surface area (Å²) >= 11 is 3.02. The first-order valence-electron chi connectivity index (χ1n) is 8.64. The van der Waals surface area contributed by atoms with Crippen LogP contribution in [0.5, 0.6) is 0 Å². The molecule has 0 atom stereocenters. The van der Waals surface area contributed by atoms with E-state index in [2.05, 4.69) is 20.4 Å². The van der Waals surface area contributed by atoms with Gasteiger partial charge in [0.1, 0.15) is 11.3 Å². The molecule has 0 saturated carbocycles. The van der Waals surface area contributed by atoms with Crippen molar-refractivity contribution in [2.45, 2.75) is 17.3 Å². The van der Waals surface area contributed by atoms with Gasteiger partial charge in [-0.3, -0.25) is 4.79 Å². The Balaban J connectivity index is 1.30. The van der Waals surface area contributed by atoms with E-state index in [1.165, 1.54) is 23.1 Å². The fraction of sp³-hybridized carbons (Fsp3) is 0.100. The predicted molar refractivity (Wildman–Crippen MR) is 112 cm³/mol. The van der Waals surface area contributed by atoms with Crippen molar-refractivity contribution in [1.29, 1.82) is 0 Å². The maximum atomic E-state index is 12.1. The summed E-state index contributed by atoms with van der Waals surface area (Å²) < 4.78 is 1.75. The zero-order valence-electron chi connectivity index (χ0n) is 14.9. The van der Waals surface area contributed by atoms with E-state index in [9.17, 15) is 4.79 Å². The molecule has 0 bridgehead atoms. The Kier molecular flexibility index (Phi) is 5.79. The van der Waals surface area contributed by atoms with E-state index in [1.807, 2.05) is 66.0 Å². The monoisotopic (exact) mass is 407 g/mol. The molecule has 28 heavy (non-hydrogen) atoms. The second-order valence-electron chi connectivity index (χ2n) is 5.92. The van der Waals surface area contributed by atoms with Gasteiger partial charge in [0, 0.05) is 16.8 Å². The first kappa shape index (κ1) is 18.4.